The first-order valence-corrected chi connectivity index (χ1v) is 7.70. The van der Waals surface area contributed by atoms with Crippen LogP contribution in [-0.4, -0.2) is 19.6 Å². The summed E-state index contributed by atoms with van der Waals surface area (Å²) in [6.45, 7) is 12.0. The lowest BCUT2D eigenvalue weighted by Gasteiger charge is -2.12. The molecule has 5 heteroatoms. The number of nitrogens with two attached hydrogens (primary N) is 1. The number of aryl methyl sites for hydroxylation is 2. The molecule has 0 bridgehead atoms. The van der Waals surface area contributed by atoms with Gasteiger partial charge in [0.05, 0.1) is 5.69 Å². The van der Waals surface area contributed by atoms with Gasteiger partial charge in [-0.2, -0.15) is 14.6 Å². The summed E-state index contributed by atoms with van der Waals surface area (Å²) in [4.78, 5) is 8.48. The topological polar surface area (TPSA) is 69.1 Å². The van der Waals surface area contributed by atoms with E-state index in [-0.39, 0.29) is 0 Å². The maximum atomic E-state index is 6.19. The van der Waals surface area contributed by atoms with E-state index in [1.807, 2.05) is 52.8 Å². The number of anilines is 1. The van der Waals surface area contributed by atoms with Gasteiger partial charge >= 0.3 is 0 Å². The number of nitrogens with zero attached hydrogens (tertiary/aromatic N) is 4. The minimum Gasteiger partial charge on any atom is -0.383 e. The van der Waals surface area contributed by atoms with Crippen molar-refractivity contribution < 1.29 is 0 Å². The number of benzene rings is 1. The molecule has 0 aliphatic heterocycles. The van der Waals surface area contributed by atoms with Crippen LogP contribution in [0.15, 0.2) is 30.6 Å². The van der Waals surface area contributed by atoms with Crippen LogP contribution in [0.3, 0.4) is 0 Å². The summed E-state index contributed by atoms with van der Waals surface area (Å²) in [5.74, 6) is 1.10. The zero-order valence-corrected chi connectivity index (χ0v) is 14.3. The number of hydrogen-bond acceptors (Lipinski definition) is 4. The molecular weight excluding hydrogens is 274 g/mol. The first kappa shape index (κ1) is 17.6. The smallest absolute Gasteiger partial charge is 0.254 e. The van der Waals surface area contributed by atoms with Crippen LogP contribution in [0.2, 0.25) is 0 Å². The minimum absolute atomic E-state index is 0.530. The Balaban J connectivity index is 0.000000561. The normalized spacial score (nSPS) is 9.55. The maximum absolute atomic E-state index is 6.19. The van der Waals surface area contributed by atoms with Crippen molar-refractivity contribution in [3.05, 3.63) is 41.9 Å². The molecule has 0 unspecified atom stereocenters. The quantitative estimate of drug-likeness (QED) is 0.736. The molecule has 0 saturated carbocycles. The van der Waals surface area contributed by atoms with Gasteiger partial charge in [-0.3, -0.25) is 0 Å². The van der Waals surface area contributed by atoms with E-state index in [2.05, 4.69) is 28.1 Å². The summed E-state index contributed by atoms with van der Waals surface area (Å²) in [5.41, 5.74) is 10.2. The Morgan fingerprint density at radius 1 is 1.00 bits per heavy atom. The van der Waals surface area contributed by atoms with Crippen molar-refractivity contribution >= 4 is 11.6 Å². The van der Waals surface area contributed by atoms with Crippen LogP contribution in [0.1, 0.15) is 39.0 Å². The third kappa shape index (κ3) is 3.24. The molecule has 118 valence electrons. The van der Waals surface area contributed by atoms with Crippen molar-refractivity contribution in [2.45, 2.75) is 41.5 Å². The standard InChI is InChI=1S/C13H13N5.2C2H6/c1-8-5-3-4-6-10(8)11-9(2)17-13-15-7-16-18(13)12(11)14;2*1-2/h3-7H,14H2,1-2H3;2*1-2H3. The Labute approximate surface area is 132 Å². The van der Waals surface area contributed by atoms with Gasteiger partial charge in [0.1, 0.15) is 12.1 Å². The Morgan fingerprint density at radius 2 is 1.64 bits per heavy atom. The molecule has 1 aromatic carbocycles. The van der Waals surface area contributed by atoms with Gasteiger partial charge in [-0.1, -0.05) is 52.0 Å². The Kier molecular flexibility index (Phi) is 6.50. The molecular formula is C17H25N5. The van der Waals surface area contributed by atoms with Crippen molar-refractivity contribution in [3.63, 3.8) is 0 Å². The average Bonchev–Trinajstić information content (AvgIpc) is 3.01. The monoisotopic (exact) mass is 299 g/mol. The molecule has 2 N–H and O–H groups in total. The second-order valence-electron chi connectivity index (χ2n) is 4.24. The van der Waals surface area contributed by atoms with Crippen molar-refractivity contribution in [2.75, 3.05) is 5.73 Å². The highest BCUT2D eigenvalue weighted by atomic mass is 15.3. The predicted molar refractivity (Wildman–Crippen MR) is 92.8 cm³/mol. The van der Waals surface area contributed by atoms with E-state index < -0.39 is 0 Å². The zero-order chi connectivity index (χ0) is 16.7. The van der Waals surface area contributed by atoms with Crippen LogP contribution in [0.5, 0.6) is 0 Å². The summed E-state index contributed by atoms with van der Waals surface area (Å²) in [6.07, 6.45) is 1.46. The van der Waals surface area contributed by atoms with E-state index in [0.717, 1.165) is 22.4 Å². The summed E-state index contributed by atoms with van der Waals surface area (Å²) >= 11 is 0. The Hall–Kier alpha value is -2.43. The third-order valence-electron chi connectivity index (χ3n) is 3.06. The molecule has 0 amide bonds. The fourth-order valence-corrected chi connectivity index (χ4v) is 2.17. The number of aromatic nitrogens is 4. The van der Waals surface area contributed by atoms with Gasteiger partial charge in [-0.25, -0.2) is 4.98 Å². The zero-order valence-electron chi connectivity index (χ0n) is 14.3. The third-order valence-corrected chi connectivity index (χ3v) is 3.06. The molecule has 5 nitrogen and oxygen atoms in total. The van der Waals surface area contributed by atoms with Gasteiger partial charge in [0.25, 0.3) is 5.78 Å². The summed E-state index contributed by atoms with van der Waals surface area (Å²) < 4.78 is 1.56. The van der Waals surface area contributed by atoms with Gasteiger partial charge < -0.3 is 5.73 Å². The van der Waals surface area contributed by atoms with Crippen molar-refractivity contribution in [2.24, 2.45) is 0 Å². The summed E-state index contributed by atoms with van der Waals surface area (Å²) in [5, 5.41) is 4.09. The summed E-state index contributed by atoms with van der Waals surface area (Å²) in [7, 11) is 0. The van der Waals surface area contributed by atoms with Gasteiger partial charge in [0, 0.05) is 5.56 Å². The molecule has 0 saturated heterocycles. The molecule has 3 rings (SSSR count). The SMILES string of the molecule is CC.CC.Cc1ccccc1-c1c(C)nc2ncnn2c1N. The molecule has 0 spiro atoms. The van der Waals surface area contributed by atoms with Crippen LogP contribution >= 0.6 is 0 Å². The number of fused-ring (bicyclic) bond motifs is 1. The largest absolute Gasteiger partial charge is 0.383 e. The second kappa shape index (κ2) is 8.12. The highest BCUT2D eigenvalue weighted by Gasteiger charge is 2.14. The number of rotatable bonds is 1. The second-order valence-corrected chi connectivity index (χ2v) is 4.24. The Bertz CT molecular complexity index is 731. The van der Waals surface area contributed by atoms with E-state index in [1.54, 1.807) is 4.52 Å². The van der Waals surface area contributed by atoms with E-state index in [9.17, 15) is 0 Å². The van der Waals surface area contributed by atoms with E-state index in [1.165, 1.54) is 6.33 Å². The van der Waals surface area contributed by atoms with Crippen molar-refractivity contribution in [3.8, 4) is 11.1 Å². The molecule has 0 atom stereocenters. The first-order chi connectivity index (χ1) is 10.7. The highest BCUT2D eigenvalue weighted by molar-refractivity contribution is 5.79. The molecule has 0 aliphatic rings. The average molecular weight is 299 g/mol. The highest BCUT2D eigenvalue weighted by Crippen LogP contribution is 2.30. The van der Waals surface area contributed by atoms with Crippen molar-refractivity contribution in [1.82, 2.24) is 19.6 Å². The Morgan fingerprint density at radius 3 is 2.27 bits per heavy atom. The molecule has 0 fully saturated rings. The van der Waals surface area contributed by atoms with Crippen LogP contribution < -0.4 is 5.73 Å². The van der Waals surface area contributed by atoms with Gasteiger partial charge in [0.15, 0.2) is 0 Å². The molecule has 2 heterocycles. The lowest BCUT2D eigenvalue weighted by Crippen LogP contribution is -2.06. The first-order valence-electron chi connectivity index (χ1n) is 7.70. The van der Waals surface area contributed by atoms with E-state index in [0.29, 0.717) is 11.6 Å². The predicted octanol–water partition coefficient (Wildman–Crippen LogP) is 4.04. The van der Waals surface area contributed by atoms with Gasteiger partial charge in [0.2, 0.25) is 0 Å². The number of hydrogen-bond donors (Lipinski definition) is 1. The molecule has 3 aromatic rings. The van der Waals surface area contributed by atoms with Crippen molar-refractivity contribution in [1.29, 1.82) is 0 Å². The lowest BCUT2D eigenvalue weighted by atomic mass is 10.00. The summed E-state index contributed by atoms with van der Waals surface area (Å²) in [6, 6.07) is 8.09. The van der Waals surface area contributed by atoms with E-state index in [4.69, 9.17) is 5.73 Å². The fraction of sp³-hybridized carbons (Fsp3) is 0.353. The van der Waals surface area contributed by atoms with Crippen LogP contribution in [0.4, 0.5) is 5.82 Å². The van der Waals surface area contributed by atoms with Crippen LogP contribution in [0, 0.1) is 13.8 Å². The molecule has 22 heavy (non-hydrogen) atoms. The lowest BCUT2D eigenvalue weighted by molar-refractivity contribution is 0.944. The molecule has 0 aliphatic carbocycles. The molecule has 0 radical (unpaired) electrons. The van der Waals surface area contributed by atoms with Crippen LogP contribution in [0.25, 0.3) is 16.9 Å². The molecule has 2 aromatic heterocycles. The van der Waals surface area contributed by atoms with Gasteiger partial charge in [-0.15, -0.1) is 0 Å². The minimum atomic E-state index is 0.530. The fourth-order valence-electron chi connectivity index (χ4n) is 2.17. The van der Waals surface area contributed by atoms with Crippen LogP contribution in [-0.2, 0) is 0 Å². The van der Waals surface area contributed by atoms with E-state index >= 15 is 0 Å². The maximum Gasteiger partial charge on any atom is 0.254 e. The van der Waals surface area contributed by atoms with Gasteiger partial charge in [-0.05, 0) is 25.0 Å². The number of nitrogen functional groups attached to an aromatic ring is 1.